The van der Waals surface area contributed by atoms with Crippen molar-refractivity contribution >= 4 is 0 Å². The number of aryl methyl sites for hydroxylation is 2. The molecular weight excluding hydrogens is 324 g/mol. The maximum absolute atomic E-state index is 5.52. The van der Waals surface area contributed by atoms with Gasteiger partial charge in [-0.05, 0) is 57.0 Å². The van der Waals surface area contributed by atoms with E-state index in [9.17, 15) is 0 Å². The molecule has 140 valence electrons. The van der Waals surface area contributed by atoms with Crippen molar-refractivity contribution < 1.29 is 4.74 Å². The zero-order chi connectivity index (χ0) is 17.9. The highest BCUT2D eigenvalue weighted by molar-refractivity contribution is 5.37. The molecule has 2 saturated heterocycles. The molecule has 0 saturated carbocycles. The number of hydrogen-bond acceptors (Lipinski definition) is 4. The van der Waals surface area contributed by atoms with E-state index in [0.29, 0.717) is 6.04 Å². The zero-order valence-corrected chi connectivity index (χ0v) is 16.0. The maximum atomic E-state index is 5.52. The van der Waals surface area contributed by atoms with Crippen molar-refractivity contribution in [2.45, 2.75) is 39.3 Å². The summed E-state index contributed by atoms with van der Waals surface area (Å²) in [4.78, 5) is 5.24. The van der Waals surface area contributed by atoms with Crippen LogP contribution in [0.5, 0.6) is 0 Å². The Kier molecular flexibility index (Phi) is 5.38. The first kappa shape index (κ1) is 17.7. The van der Waals surface area contributed by atoms with E-state index >= 15 is 0 Å². The van der Waals surface area contributed by atoms with Crippen molar-refractivity contribution in [1.29, 1.82) is 0 Å². The van der Waals surface area contributed by atoms with Gasteiger partial charge in [-0.15, -0.1) is 0 Å². The lowest BCUT2D eigenvalue weighted by atomic mass is 10.0. The largest absolute Gasteiger partial charge is 0.379 e. The molecular formula is C21H30N4O. The number of nitrogens with zero attached hydrogens (tertiary/aromatic N) is 4. The third kappa shape index (κ3) is 4.00. The van der Waals surface area contributed by atoms with E-state index in [4.69, 9.17) is 4.74 Å². The number of ether oxygens (including phenoxy) is 1. The Bertz CT molecular complexity index is 735. The lowest BCUT2D eigenvalue weighted by Crippen LogP contribution is -2.51. The van der Waals surface area contributed by atoms with Crippen LogP contribution in [0.2, 0.25) is 0 Å². The predicted octanol–water partition coefficient (Wildman–Crippen LogP) is 2.79. The standard InChI is InChI=1S/C21H30N4O/c1-17-13-18(2)25(22-17)20-6-3-5-19(14-20)15-23-8-4-7-21(16-23)24-9-11-26-12-10-24/h3,5-6,13-14,21H,4,7-12,15-16H2,1-2H3. The minimum atomic E-state index is 0.687. The molecule has 0 radical (unpaired) electrons. The number of rotatable bonds is 4. The first-order valence-corrected chi connectivity index (χ1v) is 9.86. The van der Waals surface area contributed by atoms with Gasteiger partial charge in [0.2, 0.25) is 0 Å². The van der Waals surface area contributed by atoms with Gasteiger partial charge in [-0.3, -0.25) is 9.80 Å². The molecule has 0 N–H and O–H groups in total. The first-order valence-electron chi connectivity index (χ1n) is 9.86. The van der Waals surface area contributed by atoms with Crippen molar-refractivity contribution in [3.05, 3.63) is 47.3 Å². The van der Waals surface area contributed by atoms with Gasteiger partial charge in [0.05, 0.1) is 24.6 Å². The average molecular weight is 354 g/mol. The summed E-state index contributed by atoms with van der Waals surface area (Å²) in [6, 6.07) is 11.7. The van der Waals surface area contributed by atoms with Crippen molar-refractivity contribution in [2.24, 2.45) is 0 Å². The fourth-order valence-corrected chi connectivity index (χ4v) is 4.35. The molecule has 1 aromatic carbocycles. The Hall–Kier alpha value is -1.69. The highest BCUT2D eigenvalue weighted by Gasteiger charge is 2.26. The molecule has 5 heteroatoms. The summed E-state index contributed by atoms with van der Waals surface area (Å²) in [5.74, 6) is 0. The Morgan fingerprint density at radius 2 is 1.96 bits per heavy atom. The molecule has 2 aliphatic rings. The summed E-state index contributed by atoms with van der Waals surface area (Å²) in [5, 5.41) is 4.63. The molecule has 0 amide bonds. The SMILES string of the molecule is Cc1cc(C)n(-c2cccc(CN3CCCC(N4CCOCC4)C3)c2)n1. The summed E-state index contributed by atoms with van der Waals surface area (Å²) in [6.07, 6.45) is 2.61. The van der Waals surface area contributed by atoms with E-state index in [1.165, 1.54) is 37.2 Å². The smallest absolute Gasteiger partial charge is 0.0651 e. The third-order valence-electron chi connectivity index (χ3n) is 5.61. The zero-order valence-electron chi connectivity index (χ0n) is 16.0. The van der Waals surface area contributed by atoms with Crippen molar-refractivity contribution in [2.75, 3.05) is 39.4 Å². The second-order valence-electron chi connectivity index (χ2n) is 7.69. The summed E-state index contributed by atoms with van der Waals surface area (Å²) < 4.78 is 7.56. The lowest BCUT2D eigenvalue weighted by molar-refractivity contribution is -0.00358. The Morgan fingerprint density at radius 1 is 1.12 bits per heavy atom. The molecule has 2 aliphatic heterocycles. The van der Waals surface area contributed by atoms with Gasteiger partial charge in [0, 0.05) is 37.9 Å². The lowest BCUT2D eigenvalue weighted by Gasteiger charge is -2.41. The molecule has 2 aromatic rings. The molecule has 0 bridgehead atoms. The topological polar surface area (TPSA) is 33.5 Å². The van der Waals surface area contributed by atoms with E-state index in [1.807, 2.05) is 11.6 Å². The van der Waals surface area contributed by atoms with E-state index in [0.717, 1.165) is 44.2 Å². The minimum Gasteiger partial charge on any atom is -0.379 e. The van der Waals surface area contributed by atoms with Gasteiger partial charge in [0.15, 0.2) is 0 Å². The highest BCUT2D eigenvalue weighted by Crippen LogP contribution is 2.20. The van der Waals surface area contributed by atoms with Crippen LogP contribution in [-0.4, -0.2) is 65.0 Å². The molecule has 1 unspecified atom stereocenters. The molecule has 0 aliphatic carbocycles. The van der Waals surface area contributed by atoms with Crippen LogP contribution < -0.4 is 0 Å². The molecule has 4 rings (SSSR count). The van der Waals surface area contributed by atoms with Crippen molar-refractivity contribution in [3.8, 4) is 5.69 Å². The van der Waals surface area contributed by atoms with Crippen LogP contribution in [0.25, 0.3) is 5.69 Å². The number of hydrogen-bond donors (Lipinski definition) is 0. The Balaban J connectivity index is 1.43. The fourth-order valence-electron chi connectivity index (χ4n) is 4.35. The van der Waals surface area contributed by atoms with E-state index in [2.05, 4.69) is 52.2 Å². The average Bonchev–Trinajstić information content (AvgIpc) is 3.01. The fraction of sp³-hybridized carbons (Fsp3) is 0.571. The third-order valence-corrected chi connectivity index (χ3v) is 5.61. The van der Waals surface area contributed by atoms with Crippen LogP contribution in [0, 0.1) is 13.8 Å². The number of aromatic nitrogens is 2. The van der Waals surface area contributed by atoms with Gasteiger partial charge < -0.3 is 4.74 Å². The predicted molar refractivity (Wildman–Crippen MR) is 104 cm³/mol. The Morgan fingerprint density at radius 3 is 2.73 bits per heavy atom. The number of morpholine rings is 1. The monoisotopic (exact) mass is 354 g/mol. The first-order chi connectivity index (χ1) is 12.7. The molecule has 3 heterocycles. The van der Waals surface area contributed by atoms with Crippen molar-refractivity contribution in [3.63, 3.8) is 0 Å². The highest BCUT2D eigenvalue weighted by atomic mass is 16.5. The number of likely N-dealkylation sites (tertiary alicyclic amines) is 1. The normalized spacial score (nSPS) is 22.6. The van der Waals surface area contributed by atoms with Crippen LogP contribution >= 0.6 is 0 Å². The molecule has 2 fully saturated rings. The maximum Gasteiger partial charge on any atom is 0.0651 e. The van der Waals surface area contributed by atoms with Crippen LogP contribution in [0.1, 0.15) is 29.8 Å². The van der Waals surface area contributed by atoms with Crippen LogP contribution in [0.4, 0.5) is 0 Å². The van der Waals surface area contributed by atoms with Crippen LogP contribution in [-0.2, 0) is 11.3 Å². The molecule has 26 heavy (non-hydrogen) atoms. The van der Waals surface area contributed by atoms with Gasteiger partial charge in [-0.1, -0.05) is 12.1 Å². The number of benzene rings is 1. The Labute approximate surface area is 156 Å². The molecule has 1 atom stereocenters. The molecule has 1 aromatic heterocycles. The van der Waals surface area contributed by atoms with Gasteiger partial charge >= 0.3 is 0 Å². The van der Waals surface area contributed by atoms with Gasteiger partial charge in [-0.25, -0.2) is 4.68 Å². The molecule has 0 spiro atoms. The number of piperidine rings is 1. The van der Waals surface area contributed by atoms with Crippen molar-refractivity contribution in [1.82, 2.24) is 19.6 Å². The van der Waals surface area contributed by atoms with Gasteiger partial charge in [-0.2, -0.15) is 5.10 Å². The minimum absolute atomic E-state index is 0.687. The second kappa shape index (κ2) is 7.91. The molecule has 5 nitrogen and oxygen atoms in total. The van der Waals surface area contributed by atoms with E-state index in [1.54, 1.807) is 0 Å². The van der Waals surface area contributed by atoms with Gasteiger partial charge in [0.25, 0.3) is 0 Å². The second-order valence-corrected chi connectivity index (χ2v) is 7.69. The summed E-state index contributed by atoms with van der Waals surface area (Å²) in [7, 11) is 0. The summed E-state index contributed by atoms with van der Waals surface area (Å²) in [5.41, 5.74) is 4.79. The van der Waals surface area contributed by atoms with Gasteiger partial charge in [0.1, 0.15) is 0 Å². The quantitative estimate of drug-likeness (QED) is 0.845. The summed E-state index contributed by atoms with van der Waals surface area (Å²) >= 11 is 0. The van der Waals surface area contributed by atoms with E-state index < -0.39 is 0 Å². The van der Waals surface area contributed by atoms with Crippen LogP contribution in [0.3, 0.4) is 0 Å². The summed E-state index contributed by atoms with van der Waals surface area (Å²) in [6.45, 7) is 11.5. The van der Waals surface area contributed by atoms with Crippen LogP contribution in [0.15, 0.2) is 30.3 Å². The van der Waals surface area contributed by atoms with E-state index in [-0.39, 0.29) is 0 Å².